The Bertz CT molecular complexity index is 984. The van der Waals surface area contributed by atoms with E-state index in [2.05, 4.69) is 26.6 Å². The molecule has 0 spiro atoms. The maximum atomic E-state index is 12.8. The summed E-state index contributed by atoms with van der Waals surface area (Å²) in [5.74, 6) is -0.659. The van der Waals surface area contributed by atoms with Crippen LogP contribution in [0.5, 0.6) is 0 Å². The van der Waals surface area contributed by atoms with Crippen molar-refractivity contribution >= 4 is 33.8 Å². The second-order valence-corrected chi connectivity index (χ2v) is 7.34. The molecule has 0 unspecified atom stereocenters. The Labute approximate surface area is 178 Å². The summed E-state index contributed by atoms with van der Waals surface area (Å²) in [6, 6.07) is 26.3. The third kappa shape index (κ3) is 6.43. The fraction of sp³-hybridized carbons (Fsp3) is 0.0833. The smallest absolute Gasteiger partial charge is 0.267 e. The normalized spacial score (nSPS) is 11.0. The van der Waals surface area contributed by atoms with Crippen LogP contribution in [0, 0.1) is 0 Å². The zero-order chi connectivity index (χ0) is 20.5. The Morgan fingerprint density at radius 1 is 0.828 bits per heavy atom. The average molecular weight is 449 g/mol. The summed E-state index contributed by atoms with van der Waals surface area (Å²) in [4.78, 5) is 25.4. The molecule has 3 aromatic carbocycles. The molecule has 2 amide bonds. The van der Waals surface area contributed by atoms with Crippen molar-refractivity contribution in [3.05, 3.63) is 112 Å². The maximum Gasteiger partial charge on any atom is 0.267 e. The predicted molar refractivity (Wildman–Crippen MR) is 119 cm³/mol. The number of carbonyl (C=O) groups is 2. The van der Waals surface area contributed by atoms with E-state index in [0.717, 1.165) is 15.6 Å². The van der Waals surface area contributed by atoms with Crippen molar-refractivity contribution in [2.24, 2.45) is 0 Å². The van der Waals surface area contributed by atoms with E-state index < -0.39 is 0 Å². The van der Waals surface area contributed by atoms with E-state index in [9.17, 15) is 9.59 Å². The Balaban J connectivity index is 1.72. The molecule has 3 rings (SSSR count). The molecule has 0 heterocycles. The quantitative estimate of drug-likeness (QED) is 0.519. The minimum absolute atomic E-state index is 0.206. The number of benzene rings is 3. The number of hydrogen-bond donors (Lipinski definition) is 2. The topological polar surface area (TPSA) is 58.2 Å². The fourth-order valence-corrected chi connectivity index (χ4v) is 2.99. The highest BCUT2D eigenvalue weighted by atomic mass is 79.9. The zero-order valence-electron chi connectivity index (χ0n) is 15.8. The molecule has 29 heavy (non-hydrogen) atoms. The minimum Gasteiger partial charge on any atom is -0.350 e. The Kier molecular flexibility index (Phi) is 7.36. The van der Waals surface area contributed by atoms with Crippen molar-refractivity contribution in [1.82, 2.24) is 10.6 Å². The second kappa shape index (κ2) is 10.4. The van der Waals surface area contributed by atoms with Crippen LogP contribution in [0.1, 0.15) is 21.5 Å². The fourth-order valence-electron chi connectivity index (χ4n) is 2.73. The van der Waals surface area contributed by atoms with E-state index in [1.54, 1.807) is 30.3 Å². The molecular weight excluding hydrogens is 428 g/mol. The molecule has 0 atom stereocenters. The zero-order valence-corrected chi connectivity index (χ0v) is 17.4. The summed E-state index contributed by atoms with van der Waals surface area (Å²) >= 11 is 3.35. The lowest BCUT2D eigenvalue weighted by molar-refractivity contribution is -0.117. The van der Waals surface area contributed by atoms with Crippen LogP contribution in [0.4, 0.5) is 0 Å². The van der Waals surface area contributed by atoms with E-state index in [0.29, 0.717) is 18.5 Å². The van der Waals surface area contributed by atoms with Crippen LogP contribution in [0.3, 0.4) is 0 Å². The lowest BCUT2D eigenvalue weighted by atomic mass is 10.1. The van der Waals surface area contributed by atoms with Gasteiger partial charge in [0.15, 0.2) is 0 Å². The van der Waals surface area contributed by atoms with Gasteiger partial charge in [-0.2, -0.15) is 0 Å². The molecule has 0 saturated heterocycles. The number of rotatable bonds is 7. The molecule has 0 aliphatic carbocycles. The molecule has 146 valence electrons. The van der Waals surface area contributed by atoms with Gasteiger partial charge in [0.05, 0.1) is 0 Å². The van der Waals surface area contributed by atoms with Gasteiger partial charge in [-0.05, 0) is 47.9 Å². The van der Waals surface area contributed by atoms with Crippen LogP contribution in [-0.4, -0.2) is 18.4 Å². The summed E-state index contributed by atoms with van der Waals surface area (Å²) in [6.07, 6.45) is 2.39. The van der Waals surface area contributed by atoms with Gasteiger partial charge in [-0.15, -0.1) is 0 Å². The Morgan fingerprint density at radius 2 is 1.45 bits per heavy atom. The summed E-state index contributed by atoms with van der Waals surface area (Å²) in [6.45, 7) is 0.475. The third-order valence-electron chi connectivity index (χ3n) is 4.25. The third-order valence-corrected chi connectivity index (χ3v) is 4.78. The largest absolute Gasteiger partial charge is 0.350 e. The summed E-state index contributed by atoms with van der Waals surface area (Å²) in [7, 11) is 0. The van der Waals surface area contributed by atoms with Gasteiger partial charge in [-0.1, -0.05) is 76.6 Å². The molecule has 5 heteroatoms. The van der Waals surface area contributed by atoms with Gasteiger partial charge in [0.2, 0.25) is 0 Å². The van der Waals surface area contributed by atoms with Gasteiger partial charge < -0.3 is 10.6 Å². The van der Waals surface area contributed by atoms with Gasteiger partial charge in [0.1, 0.15) is 5.70 Å². The number of hydrogen-bond acceptors (Lipinski definition) is 2. The molecule has 0 bridgehead atoms. The first kappa shape index (κ1) is 20.6. The first-order valence-corrected chi connectivity index (χ1v) is 10.1. The van der Waals surface area contributed by atoms with Crippen molar-refractivity contribution < 1.29 is 9.59 Å². The molecule has 0 aliphatic heterocycles. The van der Waals surface area contributed by atoms with Crippen LogP contribution >= 0.6 is 15.9 Å². The van der Waals surface area contributed by atoms with Crippen LogP contribution in [-0.2, 0) is 11.2 Å². The van der Waals surface area contributed by atoms with Gasteiger partial charge in [0.25, 0.3) is 11.8 Å². The van der Waals surface area contributed by atoms with Crippen LogP contribution in [0.2, 0.25) is 0 Å². The highest BCUT2D eigenvalue weighted by Crippen LogP contribution is 2.12. The highest BCUT2D eigenvalue weighted by molar-refractivity contribution is 9.10. The van der Waals surface area contributed by atoms with Crippen LogP contribution in [0.25, 0.3) is 6.08 Å². The van der Waals surface area contributed by atoms with E-state index in [1.165, 1.54) is 0 Å². The van der Waals surface area contributed by atoms with Crippen molar-refractivity contribution in [2.75, 3.05) is 6.54 Å². The second-order valence-electron chi connectivity index (χ2n) is 6.42. The minimum atomic E-state index is -0.335. The molecule has 0 saturated carbocycles. The molecule has 4 nitrogen and oxygen atoms in total. The van der Waals surface area contributed by atoms with Crippen molar-refractivity contribution in [1.29, 1.82) is 0 Å². The molecule has 0 fully saturated rings. The molecule has 0 aromatic heterocycles. The molecular formula is C24H21BrN2O2. The van der Waals surface area contributed by atoms with Gasteiger partial charge in [-0.3, -0.25) is 9.59 Å². The van der Waals surface area contributed by atoms with E-state index >= 15 is 0 Å². The number of carbonyl (C=O) groups excluding carboxylic acids is 2. The molecule has 2 N–H and O–H groups in total. The van der Waals surface area contributed by atoms with Gasteiger partial charge >= 0.3 is 0 Å². The standard InChI is InChI=1S/C24H21BrN2O2/c25-21-13-11-20(12-14-21)23(28)27-22(17-19-9-5-2-6-10-19)24(29)26-16-15-18-7-3-1-4-8-18/h1-14,17H,15-16H2,(H,26,29)(H,27,28)/b22-17-. The lowest BCUT2D eigenvalue weighted by Crippen LogP contribution is -2.35. The van der Waals surface area contributed by atoms with Crippen molar-refractivity contribution in [3.63, 3.8) is 0 Å². The molecule has 0 radical (unpaired) electrons. The lowest BCUT2D eigenvalue weighted by Gasteiger charge is -2.11. The van der Waals surface area contributed by atoms with E-state index in [-0.39, 0.29) is 17.5 Å². The Hall–Kier alpha value is -3.18. The maximum absolute atomic E-state index is 12.8. The Morgan fingerprint density at radius 3 is 2.10 bits per heavy atom. The summed E-state index contributed by atoms with van der Waals surface area (Å²) in [5, 5.41) is 5.63. The van der Waals surface area contributed by atoms with E-state index in [1.807, 2.05) is 60.7 Å². The molecule has 3 aromatic rings. The van der Waals surface area contributed by atoms with Crippen molar-refractivity contribution in [2.45, 2.75) is 6.42 Å². The monoisotopic (exact) mass is 448 g/mol. The van der Waals surface area contributed by atoms with E-state index in [4.69, 9.17) is 0 Å². The average Bonchev–Trinajstić information content (AvgIpc) is 2.75. The summed E-state index contributed by atoms with van der Waals surface area (Å²) in [5.41, 5.74) is 2.65. The van der Waals surface area contributed by atoms with Gasteiger partial charge in [-0.25, -0.2) is 0 Å². The predicted octanol–water partition coefficient (Wildman–Crippen LogP) is 4.58. The SMILES string of the molecule is O=C(NCCc1ccccc1)/C(=C/c1ccccc1)NC(=O)c1ccc(Br)cc1. The van der Waals surface area contributed by atoms with Crippen molar-refractivity contribution in [3.8, 4) is 0 Å². The summed E-state index contributed by atoms with van der Waals surface area (Å²) < 4.78 is 0.882. The number of amides is 2. The van der Waals surface area contributed by atoms with Crippen LogP contribution < -0.4 is 10.6 Å². The number of halogens is 1. The highest BCUT2D eigenvalue weighted by Gasteiger charge is 2.14. The van der Waals surface area contributed by atoms with Crippen LogP contribution in [0.15, 0.2) is 95.1 Å². The molecule has 0 aliphatic rings. The number of nitrogens with one attached hydrogen (secondary N) is 2. The first-order valence-electron chi connectivity index (χ1n) is 9.27. The van der Waals surface area contributed by atoms with Gasteiger partial charge in [0, 0.05) is 16.6 Å². The first-order chi connectivity index (χ1) is 14.1.